The summed E-state index contributed by atoms with van der Waals surface area (Å²) in [6, 6.07) is 15.1. The quantitative estimate of drug-likeness (QED) is 0.289. The Morgan fingerprint density at radius 3 is 2.72 bits per heavy atom. The molecule has 1 atom stereocenters. The van der Waals surface area contributed by atoms with E-state index in [9.17, 15) is 10.1 Å². The van der Waals surface area contributed by atoms with Gasteiger partial charge in [0.05, 0.1) is 32.0 Å². The van der Waals surface area contributed by atoms with Crippen LogP contribution in [0.4, 0.5) is 5.69 Å². The van der Waals surface area contributed by atoms with Crippen LogP contribution >= 0.6 is 0 Å². The Morgan fingerprint density at radius 1 is 1.22 bits per heavy atom. The molecule has 2 aromatic rings. The van der Waals surface area contributed by atoms with Gasteiger partial charge in [0.15, 0.2) is 5.78 Å². The van der Waals surface area contributed by atoms with Crippen LogP contribution in [-0.4, -0.2) is 56.5 Å². The number of nitriles is 1. The third kappa shape index (κ3) is 6.17. The zero-order valence-corrected chi connectivity index (χ0v) is 18.8. The maximum Gasteiger partial charge on any atom is 0.173 e. The van der Waals surface area contributed by atoms with Gasteiger partial charge in [-0.05, 0) is 48.4 Å². The highest BCUT2D eigenvalue weighted by Crippen LogP contribution is 2.35. The van der Waals surface area contributed by atoms with Crippen molar-refractivity contribution in [2.45, 2.75) is 38.6 Å². The van der Waals surface area contributed by atoms with Crippen molar-refractivity contribution in [1.82, 2.24) is 0 Å². The Kier molecular flexibility index (Phi) is 9.24. The van der Waals surface area contributed by atoms with E-state index in [4.69, 9.17) is 14.6 Å². The van der Waals surface area contributed by atoms with Gasteiger partial charge in [-0.3, -0.25) is 4.79 Å². The summed E-state index contributed by atoms with van der Waals surface area (Å²) in [7, 11) is 0. The maximum absolute atomic E-state index is 12.5. The van der Waals surface area contributed by atoms with Gasteiger partial charge in [0.25, 0.3) is 0 Å². The molecule has 1 aliphatic rings. The summed E-state index contributed by atoms with van der Waals surface area (Å²) < 4.78 is 10.5. The average Bonchev–Trinajstić information content (AvgIpc) is 2.79. The molecule has 0 aliphatic carbocycles. The Hall–Kier alpha value is -2.72. The number of aliphatic hydroxyl groups excluding tert-OH is 1. The van der Waals surface area contributed by atoms with Gasteiger partial charge in [-0.1, -0.05) is 31.2 Å². The molecule has 1 unspecified atom stereocenters. The molecule has 1 fully saturated rings. The molecule has 0 aromatic heterocycles. The summed E-state index contributed by atoms with van der Waals surface area (Å²) in [4.78, 5) is 15.0. The third-order valence-corrected chi connectivity index (χ3v) is 5.84. The normalized spacial score (nSPS) is 16.1. The lowest BCUT2D eigenvalue weighted by Gasteiger charge is -2.43. The van der Waals surface area contributed by atoms with Crippen molar-refractivity contribution in [2.75, 3.05) is 44.5 Å². The van der Waals surface area contributed by atoms with Crippen LogP contribution in [0.5, 0.6) is 0 Å². The lowest BCUT2D eigenvalue weighted by molar-refractivity contribution is -0.115. The fraction of sp³-hybridized carbons (Fsp3) is 0.462. The van der Waals surface area contributed by atoms with Crippen molar-refractivity contribution in [2.24, 2.45) is 0 Å². The predicted molar refractivity (Wildman–Crippen MR) is 127 cm³/mol. The van der Waals surface area contributed by atoms with Crippen molar-refractivity contribution in [3.8, 4) is 6.07 Å². The number of allylic oxidation sites excluding steroid dienone is 1. The van der Waals surface area contributed by atoms with Crippen molar-refractivity contribution < 1.29 is 19.4 Å². The third-order valence-electron chi connectivity index (χ3n) is 5.84. The molecular formula is C26H32N2O4. The van der Waals surface area contributed by atoms with Gasteiger partial charge >= 0.3 is 0 Å². The minimum Gasteiger partial charge on any atom is -0.394 e. The Labute approximate surface area is 190 Å². The zero-order valence-electron chi connectivity index (χ0n) is 18.8. The number of Topliss-reactive ketones (excluding diaryl/α,β-unsaturated/α-hetero) is 1. The highest BCUT2D eigenvalue weighted by atomic mass is 16.5. The van der Waals surface area contributed by atoms with E-state index >= 15 is 0 Å². The van der Waals surface area contributed by atoms with Crippen LogP contribution in [0.25, 0.3) is 16.8 Å². The van der Waals surface area contributed by atoms with E-state index in [1.807, 2.05) is 6.07 Å². The molecule has 0 radical (unpaired) electrons. The molecule has 0 bridgehead atoms. The van der Waals surface area contributed by atoms with E-state index in [0.717, 1.165) is 29.3 Å². The SMILES string of the molecule is CCC1CCN1c1cccc2ccc(/C=C(\C#N)C(=O)CCCOCCOCCO)cc12. The van der Waals surface area contributed by atoms with Gasteiger partial charge in [-0.2, -0.15) is 5.26 Å². The summed E-state index contributed by atoms with van der Waals surface area (Å²) in [6.45, 7) is 4.84. The summed E-state index contributed by atoms with van der Waals surface area (Å²) in [6.07, 6.45) is 4.85. The minimum absolute atomic E-state index is 0.00614. The lowest BCUT2D eigenvalue weighted by Crippen LogP contribution is -2.47. The van der Waals surface area contributed by atoms with Crippen molar-refractivity contribution >= 4 is 28.3 Å². The number of hydrogen-bond acceptors (Lipinski definition) is 6. The number of carbonyl (C=O) groups excluding carboxylic acids is 1. The van der Waals surface area contributed by atoms with Gasteiger partial charge < -0.3 is 19.5 Å². The van der Waals surface area contributed by atoms with Gasteiger partial charge in [0, 0.05) is 36.7 Å². The number of ketones is 1. The van der Waals surface area contributed by atoms with E-state index in [2.05, 4.69) is 48.2 Å². The van der Waals surface area contributed by atoms with Gasteiger partial charge in [0.1, 0.15) is 6.07 Å². The van der Waals surface area contributed by atoms with Crippen LogP contribution in [0.15, 0.2) is 42.0 Å². The summed E-state index contributed by atoms with van der Waals surface area (Å²) >= 11 is 0. The number of ether oxygens (including phenoxy) is 2. The number of fused-ring (bicyclic) bond motifs is 1. The number of benzene rings is 2. The van der Waals surface area contributed by atoms with Crippen LogP contribution in [0.1, 0.15) is 38.2 Å². The number of aliphatic hydroxyl groups is 1. The molecule has 0 saturated carbocycles. The van der Waals surface area contributed by atoms with E-state index in [0.29, 0.717) is 38.9 Å². The fourth-order valence-electron chi connectivity index (χ4n) is 3.99. The second-order valence-corrected chi connectivity index (χ2v) is 7.95. The van der Waals surface area contributed by atoms with Gasteiger partial charge in [-0.15, -0.1) is 0 Å². The summed E-state index contributed by atoms with van der Waals surface area (Å²) in [5.41, 5.74) is 2.25. The molecule has 6 nitrogen and oxygen atoms in total. The first-order valence-electron chi connectivity index (χ1n) is 11.4. The number of anilines is 1. The average molecular weight is 437 g/mol. The molecule has 2 aromatic carbocycles. The standard InChI is InChI=1S/C26H32N2O4/c1-2-23-10-11-28(23)25-6-3-5-21-9-8-20(18-24(21)25)17-22(19-27)26(30)7-4-13-31-15-16-32-14-12-29/h3,5-6,8-9,17-18,23,29H,2,4,7,10-16H2,1H3/b22-17+. The Morgan fingerprint density at radius 2 is 2.03 bits per heavy atom. The minimum atomic E-state index is -0.171. The van der Waals surface area contributed by atoms with Crippen LogP contribution in [0.3, 0.4) is 0 Å². The van der Waals surface area contributed by atoms with Crippen molar-refractivity contribution in [3.05, 3.63) is 47.5 Å². The predicted octanol–water partition coefficient (Wildman–Crippen LogP) is 4.11. The molecule has 1 heterocycles. The Balaban J connectivity index is 1.63. The second kappa shape index (κ2) is 12.4. The van der Waals surface area contributed by atoms with Crippen LogP contribution < -0.4 is 4.90 Å². The number of rotatable bonds is 13. The fourth-order valence-corrected chi connectivity index (χ4v) is 3.99. The van der Waals surface area contributed by atoms with E-state index < -0.39 is 0 Å². The second-order valence-electron chi connectivity index (χ2n) is 7.95. The van der Waals surface area contributed by atoms with Crippen LogP contribution in [-0.2, 0) is 14.3 Å². The first-order chi connectivity index (χ1) is 15.7. The highest BCUT2D eigenvalue weighted by Gasteiger charge is 2.27. The molecular weight excluding hydrogens is 404 g/mol. The molecule has 1 aliphatic heterocycles. The van der Waals surface area contributed by atoms with Crippen LogP contribution in [0, 0.1) is 11.3 Å². The van der Waals surface area contributed by atoms with E-state index in [-0.39, 0.29) is 24.4 Å². The monoisotopic (exact) mass is 436 g/mol. The topological polar surface area (TPSA) is 82.8 Å². The summed E-state index contributed by atoms with van der Waals surface area (Å²) in [5.74, 6) is -0.171. The zero-order chi connectivity index (χ0) is 22.8. The lowest BCUT2D eigenvalue weighted by atomic mass is 9.96. The largest absolute Gasteiger partial charge is 0.394 e. The maximum atomic E-state index is 12.5. The molecule has 0 spiro atoms. The van der Waals surface area contributed by atoms with E-state index in [1.165, 1.54) is 12.1 Å². The highest BCUT2D eigenvalue weighted by molar-refractivity contribution is 6.04. The smallest absolute Gasteiger partial charge is 0.173 e. The van der Waals surface area contributed by atoms with Crippen molar-refractivity contribution in [1.29, 1.82) is 5.26 Å². The first kappa shape index (κ1) is 23.9. The number of hydrogen-bond donors (Lipinski definition) is 1. The molecule has 3 rings (SSSR count). The summed E-state index contributed by atoms with van der Waals surface area (Å²) in [5, 5.41) is 20.5. The molecule has 1 saturated heterocycles. The first-order valence-corrected chi connectivity index (χ1v) is 11.4. The van der Waals surface area contributed by atoms with Crippen molar-refractivity contribution in [3.63, 3.8) is 0 Å². The number of nitrogens with zero attached hydrogens (tertiary/aromatic N) is 2. The molecule has 170 valence electrons. The number of carbonyl (C=O) groups is 1. The Bertz CT molecular complexity index is 977. The van der Waals surface area contributed by atoms with Gasteiger partial charge in [0.2, 0.25) is 0 Å². The molecule has 1 N–H and O–H groups in total. The molecule has 0 amide bonds. The van der Waals surface area contributed by atoms with E-state index in [1.54, 1.807) is 6.08 Å². The molecule has 6 heteroatoms. The molecule has 32 heavy (non-hydrogen) atoms. The van der Waals surface area contributed by atoms with Gasteiger partial charge in [-0.25, -0.2) is 0 Å². The van der Waals surface area contributed by atoms with Crippen LogP contribution in [0.2, 0.25) is 0 Å².